The first kappa shape index (κ1) is 19.1. The van der Waals surface area contributed by atoms with Crippen LogP contribution in [0.25, 0.3) is 6.08 Å². The fourth-order valence-electron chi connectivity index (χ4n) is 2.13. The first-order chi connectivity index (χ1) is 11.7. The van der Waals surface area contributed by atoms with Gasteiger partial charge in [0.15, 0.2) is 0 Å². The van der Waals surface area contributed by atoms with Crippen LogP contribution in [0.15, 0.2) is 72.8 Å². The molecular weight excluding hydrogens is 387 g/mol. The van der Waals surface area contributed by atoms with Crippen molar-refractivity contribution < 1.29 is 42.2 Å². The quantitative estimate of drug-likeness (QED) is 0.513. The molecule has 3 aromatic rings. The summed E-state index contributed by atoms with van der Waals surface area (Å²) < 4.78 is 5.74. The Morgan fingerprint density at radius 2 is 1.68 bits per heavy atom. The van der Waals surface area contributed by atoms with E-state index < -0.39 is 5.91 Å². The van der Waals surface area contributed by atoms with Gasteiger partial charge >= 0.3 is 0 Å². The first-order valence-electron chi connectivity index (χ1n) is 7.45. The molecule has 0 unspecified atom stereocenters. The molecule has 0 saturated heterocycles. The number of hydrogen-bond acceptors (Lipinski definition) is 2. The Morgan fingerprint density at radius 1 is 1.00 bits per heavy atom. The number of amides is 1. The molecule has 3 nitrogen and oxygen atoms in total. The van der Waals surface area contributed by atoms with Crippen LogP contribution in [0.4, 0.5) is 0 Å². The zero-order valence-corrected chi connectivity index (χ0v) is 16.3. The Labute approximate surface area is 172 Å². The number of para-hydroxylation sites is 1. The van der Waals surface area contributed by atoms with E-state index >= 15 is 0 Å². The number of hydrogen-bond donors (Lipinski definition) is 1. The summed E-state index contributed by atoms with van der Waals surface area (Å²) in [5.41, 5.74) is 7.36. The number of nitrogens with two attached hydrogens (primary N) is 1. The predicted octanol–water partition coefficient (Wildman–Crippen LogP) is 4.24. The first-order valence-corrected chi connectivity index (χ1v) is 7.45. The van der Waals surface area contributed by atoms with Gasteiger partial charge in [0.1, 0.15) is 11.5 Å². The zero-order valence-electron chi connectivity index (χ0n) is 13.5. The molecule has 121 valence electrons. The SMILES string of the molecule is NC(=O)c1cc[c-]c(C=[C-]c2ccc(Oc3ccccc3)cc2)c1.[Y]. The predicted molar refractivity (Wildman–Crippen MR) is 93.6 cm³/mol. The van der Waals surface area contributed by atoms with Crippen molar-refractivity contribution in [3.05, 3.63) is 102 Å². The van der Waals surface area contributed by atoms with Crippen molar-refractivity contribution in [2.75, 3.05) is 0 Å². The molecule has 4 heteroatoms. The number of ether oxygens (including phenoxy) is 1. The molecule has 1 amide bonds. The summed E-state index contributed by atoms with van der Waals surface area (Å²) in [5.74, 6) is 1.10. The summed E-state index contributed by atoms with van der Waals surface area (Å²) in [5, 5.41) is 0. The summed E-state index contributed by atoms with van der Waals surface area (Å²) in [6, 6.07) is 25.2. The van der Waals surface area contributed by atoms with Crippen LogP contribution in [0.2, 0.25) is 0 Å². The number of benzene rings is 3. The smallest absolute Gasteiger partial charge is 0.229 e. The molecule has 0 saturated carbocycles. The third-order valence-electron chi connectivity index (χ3n) is 3.34. The Kier molecular flexibility index (Phi) is 7.11. The molecule has 0 heterocycles. The van der Waals surface area contributed by atoms with Gasteiger partial charge in [-0.1, -0.05) is 35.9 Å². The van der Waals surface area contributed by atoms with E-state index in [1.54, 1.807) is 24.3 Å². The summed E-state index contributed by atoms with van der Waals surface area (Å²) >= 11 is 0. The molecule has 0 fully saturated rings. The molecule has 0 aliphatic carbocycles. The Bertz CT molecular complexity index is 859. The van der Waals surface area contributed by atoms with Crippen molar-refractivity contribution in [1.29, 1.82) is 0 Å². The fourth-order valence-corrected chi connectivity index (χ4v) is 2.13. The van der Waals surface area contributed by atoms with Crippen LogP contribution < -0.4 is 10.5 Å². The average Bonchev–Trinajstić information content (AvgIpc) is 2.62. The van der Waals surface area contributed by atoms with E-state index in [0.717, 1.165) is 22.6 Å². The van der Waals surface area contributed by atoms with E-state index in [1.165, 1.54) is 0 Å². The minimum Gasteiger partial charge on any atom is -0.459 e. The summed E-state index contributed by atoms with van der Waals surface area (Å²) in [7, 11) is 0. The Balaban J connectivity index is 0.00000225. The number of carbonyl (C=O) groups is 1. The normalized spacial score (nSPS) is 10.2. The van der Waals surface area contributed by atoms with Gasteiger partial charge in [-0.3, -0.25) is 4.79 Å². The number of carbonyl (C=O) groups excluding carboxylic acids is 1. The molecule has 0 aliphatic rings. The maximum Gasteiger partial charge on any atom is 0.229 e. The van der Waals surface area contributed by atoms with Crippen LogP contribution in [0.5, 0.6) is 11.5 Å². The van der Waals surface area contributed by atoms with E-state index in [2.05, 4.69) is 12.1 Å². The van der Waals surface area contributed by atoms with Gasteiger partial charge in [-0.2, -0.15) is 29.8 Å². The monoisotopic (exact) mass is 402 g/mol. The molecule has 3 aromatic carbocycles. The van der Waals surface area contributed by atoms with Gasteiger partial charge in [0.25, 0.3) is 0 Å². The zero-order chi connectivity index (χ0) is 16.8. The van der Waals surface area contributed by atoms with E-state index in [9.17, 15) is 4.79 Å². The summed E-state index contributed by atoms with van der Waals surface area (Å²) in [4.78, 5) is 11.2. The Morgan fingerprint density at radius 3 is 2.36 bits per heavy atom. The van der Waals surface area contributed by atoms with Crippen LogP contribution >= 0.6 is 0 Å². The van der Waals surface area contributed by atoms with Gasteiger partial charge in [-0.15, -0.1) is 18.2 Å². The van der Waals surface area contributed by atoms with Crippen molar-refractivity contribution in [3.63, 3.8) is 0 Å². The molecule has 0 atom stereocenters. The van der Waals surface area contributed by atoms with Crippen molar-refractivity contribution in [2.24, 2.45) is 5.73 Å². The molecule has 3 rings (SSSR count). The van der Waals surface area contributed by atoms with Gasteiger partial charge in [-0.05, 0) is 12.1 Å². The van der Waals surface area contributed by atoms with Gasteiger partial charge in [-0.25, -0.2) is 11.6 Å². The third-order valence-corrected chi connectivity index (χ3v) is 3.34. The maximum atomic E-state index is 11.2. The fraction of sp³-hybridized carbons (Fsp3) is 0. The Hall–Kier alpha value is -2.23. The maximum absolute atomic E-state index is 11.2. The van der Waals surface area contributed by atoms with E-state index in [-0.39, 0.29) is 32.7 Å². The molecule has 0 aromatic heterocycles. The molecule has 0 bridgehead atoms. The van der Waals surface area contributed by atoms with E-state index in [1.807, 2.05) is 54.6 Å². The molecule has 0 aliphatic heterocycles. The third kappa shape index (κ3) is 5.66. The molecular formula is C21H15NO2Y-2. The van der Waals surface area contributed by atoms with Crippen LogP contribution in [0, 0.1) is 12.1 Å². The minimum absolute atomic E-state index is 0. The van der Waals surface area contributed by atoms with Crippen LogP contribution in [0.3, 0.4) is 0 Å². The van der Waals surface area contributed by atoms with Crippen molar-refractivity contribution in [2.45, 2.75) is 0 Å². The largest absolute Gasteiger partial charge is 0.459 e. The molecule has 1 radical (unpaired) electrons. The van der Waals surface area contributed by atoms with Crippen molar-refractivity contribution >= 4 is 12.0 Å². The summed E-state index contributed by atoms with van der Waals surface area (Å²) in [6.07, 6.45) is 4.92. The standard InChI is InChI=1S/C21H15NO2.Y/c22-21(23)18-6-4-5-17(15-18)10-9-16-11-13-20(14-12-16)24-19-7-2-1-3-8-19;/h1-4,6-8,10-15H,(H2,22,23);/q-2;. The second-order valence-corrected chi connectivity index (χ2v) is 5.13. The van der Waals surface area contributed by atoms with Gasteiger partial charge < -0.3 is 10.5 Å². The number of primary amides is 1. The van der Waals surface area contributed by atoms with Crippen LogP contribution in [-0.2, 0) is 32.7 Å². The number of rotatable bonds is 5. The van der Waals surface area contributed by atoms with E-state index in [4.69, 9.17) is 10.5 Å². The van der Waals surface area contributed by atoms with Crippen LogP contribution in [0.1, 0.15) is 21.5 Å². The van der Waals surface area contributed by atoms with Gasteiger partial charge in [0.05, 0.1) is 0 Å². The van der Waals surface area contributed by atoms with E-state index in [0.29, 0.717) is 5.56 Å². The average molecular weight is 402 g/mol. The van der Waals surface area contributed by atoms with Crippen LogP contribution in [-0.4, -0.2) is 5.91 Å². The minimum atomic E-state index is -0.457. The second kappa shape index (κ2) is 9.31. The summed E-state index contributed by atoms with van der Waals surface area (Å²) in [6.45, 7) is 0. The molecule has 25 heavy (non-hydrogen) atoms. The van der Waals surface area contributed by atoms with Gasteiger partial charge in [0.2, 0.25) is 5.91 Å². The second-order valence-electron chi connectivity index (χ2n) is 5.13. The van der Waals surface area contributed by atoms with Crippen molar-refractivity contribution in [1.82, 2.24) is 0 Å². The molecule has 0 spiro atoms. The van der Waals surface area contributed by atoms with Gasteiger partial charge in [0, 0.05) is 32.7 Å². The molecule has 2 N–H and O–H groups in total. The topological polar surface area (TPSA) is 52.3 Å². The van der Waals surface area contributed by atoms with Crippen molar-refractivity contribution in [3.8, 4) is 11.5 Å².